The van der Waals surface area contributed by atoms with Crippen molar-refractivity contribution < 1.29 is 9.90 Å². The highest BCUT2D eigenvalue weighted by molar-refractivity contribution is 6.05. The zero-order chi connectivity index (χ0) is 12.3. The summed E-state index contributed by atoms with van der Waals surface area (Å²) in [5.41, 5.74) is 2.25. The number of rotatable bonds is 2. The molecule has 2 rings (SSSR count). The Morgan fingerprint density at radius 3 is 2.35 bits per heavy atom. The first-order chi connectivity index (χ1) is 8.16. The van der Waals surface area contributed by atoms with Crippen molar-refractivity contribution in [1.82, 2.24) is 0 Å². The number of anilines is 1. The number of aryl methyl sites for hydroxylation is 1. The Labute approximate surface area is 99.7 Å². The third-order valence-corrected chi connectivity index (χ3v) is 2.51. The van der Waals surface area contributed by atoms with E-state index in [1.807, 2.05) is 25.1 Å². The van der Waals surface area contributed by atoms with E-state index >= 15 is 0 Å². The van der Waals surface area contributed by atoms with Crippen molar-refractivity contribution in [3.8, 4) is 5.75 Å². The molecular formula is C14H13NO2. The van der Waals surface area contributed by atoms with Crippen molar-refractivity contribution >= 4 is 11.6 Å². The number of benzene rings is 2. The number of carbonyl (C=O) groups excluding carboxylic acids is 1. The minimum Gasteiger partial charge on any atom is -0.508 e. The molecule has 86 valence electrons. The van der Waals surface area contributed by atoms with Gasteiger partial charge in [0.2, 0.25) is 0 Å². The molecule has 1 amide bonds. The minimum atomic E-state index is -0.145. The average molecular weight is 227 g/mol. The predicted octanol–water partition coefficient (Wildman–Crippen LogP) is 2.95. The fraction of sp³-hybridized carbons (Fsp3) is 0.0714. The number of aromatic hydroxyl groups is 1. The number of hydrogen-bond acceptors (Lipinski definition) is 2. The van der Waals surface area contributed by atoms with Crippen molar-refractivity contribution in [2.45, 2.75) is 6.92 Å². The molecule has 0 fully saturated rings. The molecule has 2 aromatic carbocycles. The largest absolute Gasteiger partial charge is 0.508 e. The lowest BCUT2D eigenvalue weighted by molar-refractivity contribution is 0.102. The van der Waals surface area contributed by atoms with Gasteiger partial charge in [-0.1, -0.05) is 18.2 Å². The Kier molecular flexibility index (Phi) is 3.10. The van der Waals surface area contributed by atoms with E-state index in [1.54, 1.807) is 18.2 Å². The lowest BCUT2D eigenvalue weighted by Gasteiger charge is -2.07. The first-order valence-electron chi connectivity index (χ1n) is 5.33. The molecule has 0 aliphatic rings. The lowest BCUT2D eigenvalue weighted by atomic mass is 10.1. The number of phenolic OH excluding ortho intramolecular Hbond substituents is 1. The molecule has 0 heterocycles. The van der Waals surface area contributed by atoms with Gasteiger partial charge in [0, 0.05) is 11.3 Å². The van der Waals surface area contributed by atoms with Gasteiger partial charge < -0.3 is 10.4 Å². The Morgan fingerprint density at radius 2 is 1.71 bits per heavy atom. The van der Waals surface area contributed by atoms with Crippen molar-refractivity contribution in [2.75, 3.05) is 5.32 Å². The Bertz CT molecular complexity index is 532. The van der Waals surface area contributed by atoms with Gasteiger partial charge in [-0.2, -0.15) is 0 Å². The molecule has 0 saturated heterocycles. The van der Waals surface area contributed by atoms with E-state index < -0.39 is 0 Å². The summed E-state index contributed by atoms with van der Waals surface area (Å²) in [4.78, 5) is 11.9. The molecule has 0 bridgehead atoms. The van der Waals surface area contributed by atoms with Gasteiger partial charge in [0.15, 0.2) is 0 Å². The van der Waals surface area contributed by atoms with E-state index in [2.05, 4.69) is 5.32 Å². The fourth-order valence-corrected chi connectivity index (χ4v) is 1.57. The molecule has 0 radical (unpaired) electrons. The van der Waals surface area contributed by atoms with Crippen LogP contribution in [0, 0.1) is 6.92 Å². The summed E-state index contributed by atoms with van der Waals surface area (Å²) in [5.74, 6) is 0.0349. The van der Waals surface area contributed by atoms with E-state index in [-0.39, 0.29) is 11.7 Å². The topological polar surface area (TPSA) is 49.3 Å². The van der Waals surface area contributed by atoms with Crippen LogP contribution in [0.2, 0.25) is 0 Å². The smallest absolute Gasteiger partial charge is 0.255 e. The zero-order valence-electron chi connectivity index (χ0n) is 9.47. The summed E-state index contributed by atoms with van der Waals surface area (Å²) < 4.78 is 0. The van der Waals surface area contributed by atoms with Crippen LogP contribution in [0.1, 0.15) is 15.9 Å². The van der Waals surface area contributed by atoms with Gasteiger partial charge in [0.05, 0.1) is 0 Å². The Balaban J connectivity index is 2.17. The van der Waals surface area contributed by atoms with Crippen LogP contribution in [0.3, 0.4) is 0 Å². The molecular weight excluding hydrogens is 214 g/mol. The number of phenols is 1. The molecule has 3 heteroatoms. The molecule has 0 saturated carbocycles. The molecule has 0 spiro atoms. The van der Waals surface area contributed by atoms with E-state index in [4.69, 9.17) is 5.11 Å². The fourth-order valence-electron chi connectivity index (χ4n) is 1.57. The van der Waals surface area contributed by atoms with Crippen LogP contribution in [-0.4, -0.2) is 11.0 Å². The highest BCUT2D eigenvalue weighted by atomic mass is 16.3. The molecule has 0 unspecified atom stereocenters. The van der Waals surface area contributed by atoms with Crippen LogP contribution < -0.4 is 5.32 Å². The quantitative estimate of drug-likeness (QED) is 0.775. The van der Waals surface area contributed by atoms with Crippen LogP contribution in [0.15, 0.2) is 48.5 Å². The molecule has 0 aromatic heterocycles. The molecule has 3 nitrogen and oxygen atoms in total. The minimum absolute atomic E-state index is 0.145. The molecule has 0 aliphatic carbocycles. The molecule has 0 atom stereocenters. The third kappa shape index (κ3) is 2.64. The van der Waals surface area contributed by atoms with Crippen molar-refractivity contribution in [1.29, 1.82) is 0 Å². The van der Waals surface area contributed by atoms with Gasteiger partial charge in [-0.15, -0.1) is 0 Å². The van der Waals surface area contributed by atoms with E-state index in [0.29, 0.717) is 11.3 Å². The van der Waals surface area contributed by atoms with Gasteiger partial charge in [0.1, 0.15) is 5.75 Å². The van der Waals surface area contributed by atoms with Gasteiger partial charge in [-0.3, -0.25) is 4.79 Å². The summed E-state index contributed by atoms with van der Waals surface area (Å²) in [6.07, 6.45) is 0. The van der Waals surface area contributed by atoms with E-state index in [0.717, 1.165) is 5.56 Å². The standard InChI is InChI=1S/C14H13NO2/c1-10-4-2-3-5-13(10)14(17)15-11-6-8-12(16)9-7-11/h2-9,16H,1H3,(H,15,17). The van der Waals surface area contributed by atoms with Crippen molar-refractivity contribution in [3.63, 3.8) is 0 Å². The highest BCUT2D eigenvalue weighted by Gasteiger charge is 2.07. The lowest BCUT2D eigenvalue weighted by Crippen LogP contribution is -2.12. The third-order valence-electron chi connectivity index (χ3n) is 2.51. The van der Waals surface area contributed by atoms with Gasteiger partial charge >= 0.3 is 0 Å². The van der Waals surface area contributed by atoms with Crippen LogP contribution in [-0.2, 0) is 0 Å². The van der Waals surface area contributed by atoms with E-state index in [1.165, 1.54) is 12.1 Å². The second-order valence-electron chi connectivity index (χ2n) is 3.82. The Hall–Kier alpha value is -2.29. The summed E-state index contributed by atoms with van der Waals surface area (Å²) in [5, 5.41) is 11.9. The summed E-state index contributed by atoms with van der Waals surface area (Å²) in [6, 6.07) is 13.8. The number of carbonyl (C=O) groups is 1. The van der Waals surface area contributed by atoms with Crippen LogP contribution in [0.25, 0.3) is 0 Å². The van der Waals surface area contributed by atoms with Crippen LogP contribution in [0.5, 0.6) is 5.75 Å². The van der Waals surface area contributed by atoms with Gasteiger partial charge in [0.25, 0.3) is 5.91 Å². The maximum absolute atomic E-state index is 11.9. The Morgan fingerprint density at radius 1 is 1.06 bits per heavy atom. The van der Waals surface area contributed by atoms with Crippen LogP contribution in [0.4, 0.5) is 5.69 Å². The number of hydrogen-bond donors (Lipinski definition) is 2. The molecule has 2 aromatic rings. The summed E-state index contributed by atoms with van der Waals surface area (Å²) in [6.45, 7) is 1.89. The SMILES string of the molecule is Cc1ccccc1C(=O)Nc1ccc(O)cc1. The molecule has 0 aliphatic heterocycles. The highest BCUT2D eigenvalue weighted by Crippen LogP contribution is 2.15. The zero-order valence-corrected chi connectivity index (χ0v) is 9.47. The normalized spacial score (nSPS) is 9.94. The maximum Gasteiger partial charge on any atom is 0.255 e. The summed E-state index contributed by atoms with van der Waals surface area (Å²) in [7, 11) is 0. The van der Waals surface area contributed by atoms with Gasteiger partial charge in [-0.25, -0.2) is 0 Å². The first-order valence-corrected chi connectivity index (χ1v) is 5.33. The van der Waals surface area contributed by atoms with Crippen LogP contribution >= 0.6 is 0 Å². The molecule has 17 heavy (non-hydrogen) atoms. The second-order valence-corrected chi connectivity index (χ2v) is 3.82. The maximum atomic E-state index is 11.9. The van der Waals surface area contributed by atoms with Crippen molar-refractivity contribution in [2.24, 2.45) is 0 Å². The van der Waals surface area contributed by atoms with E-state index in [9.17, 15) is 4.79 Å². The monoisotopic (exact) mass is 227 g/mol. The number of nitrogens with one attached hydrogen (secondary N) is 1. The average Bonchev–Trinajstić information content (AvgIpc) is 2.32. The second kappa shape index (κ2) is 4.70. The molecule has 2 N–H and O–H groups in total. The first kappa shape index (κ1) is 11.2. The van der Waals surface area contributed by atoms with Gasteiger partial charge in [-0.05, 0) is 42.8 Å². The number of amides is 1. The predicted molar refractivity (Wildman–Crippen MR) is 67.2 cm³/mol. The van der Waals surface area contributed by atoms with Crippen molar-refractivity contribution in [3.05, 3.63) is 59.7 Å². The summed E-state index contributed by atoms with van der Waals surface area (Å²) >= 11 is 0.